The molecular weight excluding hydrogens is 262 g/mol. The number of anilines is 1. The van der Waals surface area contributed by atoms with E-state index in [1.54, 1.807) is 18.4 Å². The SMILES string of the molecule is COc1nc(N(C)C)sc1CNC(CCO)C(C)C. The molecule has 0 aliphatic heterocycles. The summed E-state index contributed by atoms with van der Waals surface area (Å²) in [4.78, 5) is 7.50. The van der Waals surface area contributed by atoms with Crippen LogP contribution < -0.4 is 15.0 Å². The molecule has 1 aromatic heterocycles. The first-order valence-electron chi connectivity index (χ1n) is 6.54. The molecule has 1 rings (SSSR count). The molecule has 6 heteroatoms. The quantitative estimate of drug-likeness (QED) is 0.762. The van der Waals surface area contributed by atoms with Gasteiger partial charge in [0, 0.05) is 33.3 Å². The number of methoxy groups -OCH3 is 1. The minimum Gasteiger partial charge on any atom is -0.480 e. The van der Waals surface area contributed by atoms with Crippen LogP contribution in [-0.4, -0.2) is 43.9 Å². The second-order valence-electron chi connectivity index (χ2n) is 5.07. The maximum absolute atomic E-state index is 9.08. The molecule has 0 aromatic carbocycles. The highest BCUT2D eigenvalue weighted by Gasteiger charge is 2.16. The van der Waals surface area contributed by atoms with E-state index in [-0.39, 0.29) is 6.61 Å². The number of ether oxygens (including phenoxy) is 1. The molecule has 0 saturated carbocycles. The zero-order valence-corrected chi connectivity index (χ0v) is 13.3. The minimum atomic E-state index is 0.207. The zero-order chi connectivity index (χ0) is 14.4. The van der Waals surface area contributed by atoms with E-state index < -0.39 is 0 Å². The summed E-state index contributed by atoms with van der Waals surface area (Å²) in [6.07, 6.45) is 0.763. The molecule has 1 aromatic rings. The summed E-state index contributed by atoms with van der Waals surface area (Å²) in [7, 11) is 5.59. The number of aromatic nitrogens is 1. The highest BCUT2D eigenvalue weighted by atomic mass is 32.1. The van der Waals surface area contributed by atoms with Crippen LogP contribution in [0.3, 0.4) is 0 Å². The Kier molecular flexibility index (Phi) is 6.54. The summed E-state index contributed by atoms with van der Waals surface area (Å²) in [5.74, 6) is 1.17. The van der Waals surface area contributed by atoms with Crippen molar-refractivity contribution in [1.82, 2.24) is 10.3 Å². The Hall–Kier alpha value is -0.850. The summed E-state index contributed by atoms with van der Waals surface area (Å²) in [5, 5.41) is 13.5. The lowest BCUT2D eigenvalue weighted by Gasteiger charge is -2.21. The van der Waals surface area contributed by atoms with Gasteiger partial charge >= 0.3 is 0 Å². The highest BCUT2D eigenvalue weighted by Crippen LogP contribution is 2.30. The van der Waals surface area contributed by atoms with Gasteiger partial charge in [0.05, 0.1) is 12.0 Å². The van der Waals surface area contributed by atoms with Crippen molar-refractivity contribution >= 4 is 16.5 Å². The second-order valence-corrected chi connectivity index (χ2v) is 6.13. The van der Waals surface area contributed by atoms with Crippen LogP contribution in [0, 0.1) is 5.92 Å². The maximum atomic E-state index is 9.08. The molecule has 5 nitrogen and oxygen atoms in total. The first-order chi connectivity index (χ1) is 8.99. The Balaban J connectivity index is 2.70. The number of nitrogens with one attached hydrogen (secondary N) is 1. The van der Waals surface area contributed by atoms with Gasteiger partial charge in [0.15, 0.2) is 5.13 Å². The number of aliphatic hydroxyl groups is 1. The monoisotopic (exact) mass is 287 g/mol. The van der Waals surface area contributed by atoms with Crippen LogP contribution in [0.1, 0.15) is 25.1 Å². The van der Waals surface area contributed by atoms with E-state index in [9.17, 15) is 0 Å². The third kappa shape index (κ3) is 4.63. The molecule has 0 bridgehead atoms. The molecule has 1 atom stereocenters. The van der Waals surface area contributed by atoms with Gasteiger partial charge in [-0.25, -0.2) is 0 Å². The van der Waals surface area contributed by atoms with E-state index in [4.69, 9.17) is 9.84 Å². The number of nitrogens with zero attached hydrogens (tertiary/aromatic N) is 2. The van der Waals surface area contributed by atoms with Crippen molar-refractivity contribution in [3.63, 3.8) is 0 Å². The van der Waals surface area contributed by atoms with E-state index in [0.717, 1.165) is 23.0 Å². The van der Waals surface area contributed by atoms with Crippen LogP contribution in [0.4, 0.5) is 5.13 Å². The number of hydrogen-bond acceptors (Lipinski definition) is 6. The Bertz CT molecular complexity index is 380. The summed E-state index contributed by atoms with van der Waals surface area (Å²) < 4.78 is 5.31. The Morgan fingerprint density at radius 3 is 2.58 bits per heavy atom. The molecule has 0 aliphatic rings. The standard InChI is InChI=1S/C13H25N3O2S/c1-9(2)10(6-7-17)14-8-11-12(18-5)15-13(19-11)16(3)4/h9-10,14,17H,6-8H2,1-5H3. The van der Waals surface area contributed by atoms with Crippen molar-refractivity contribution in [3.05, 3.63) is 4.88 Å². The highest BCUT2D eigenvalue weighted by molar-refractivity contribution is 7.15. The normalized spacial score (nSPS) is 12.8. The molecule has 0 radical (unpaired) electrons. The van der Waals surface area contributed by atoms with E-state index in [1.807, 2.05) is 19.0 Å². The van der Waals surface area contributed by atoms with Gasteiger partial charge in [-0.1, -0.05) is 25.2 Å². The van der Waals surface area contributed by atoms with Gasteiger partial charge in [-0.15, -0.1) is 0 Å². The topological polar surface area (TPSA) is 57.6 Å². The third-order valence-corrected chi connectivity index (χ3v) is 4.20. The summed E-state index contributed by atoms with van der Waals surface area (Å²) in [6.45, 7) is 5.24. The fourth-order valence-electron chi connectivity index (χ4n) is 1.82. The molecule has 0 fully saturated rings. The number of rotatable bonds is 8. The van der Waals surface area contributed by atoms with Crippen LogP contribution in [-0.2, 0) is 6.54 Å². The van der Waals surface area contributed by atoms with Gasteiger partial charge in [-0.05, 0) is 12.3 Å². The fraction of sp³-hybridized carbons (Fsp3) is 0.769. The first-order valence-corrected chi connectivity index (χ1v) is 7.36. The van der Waals surface area contributed by atoms with E-state index in [0.29, 0.717) is 17.8 Å². The summed E-state index contributed by atoms with van der Waals surface area (Å²) in [5.41, 5.74) is 0. The zero-order valence-electron chi connectivity index (χ0n) is 12.4. The van der Waals surface area contributed by atoms with Gasteiger partial charge in [0.25, 0.3) is 0 Å². The predicted molar refractivity (Wildman–Crippen MR) is 80.2 cm³/mol. The molecule has 1 heterocycles. The molecule has 0 saturated heterocycles. The largest absolute Gasteiger partial charge is 0.480 e. The average Bonchev–Trinajstić information content (AvgIpc) is 2.77. The lowest BCUT2D eigenvalue weighted by molar-refractivity contribution is 0.243. The lowest BCUT2D eigenvalue weighted by Crippen LogP contribution is -2.34. The van der Waals surface area contributed by atoms with Crippen molar-refractivity contribution in [2.24, 2.45) is 5.92 Å². The lowest BCUT2D eigenvalue weighted by atomic mass is 10.0. The summed E-state index contributed by atoms with van der Waals surface area (Å²) >= 11 is 1.63. The Labute approximate surface area is 119 Å². The Morgan fingerprint density at radius 1 is 1.42 bits per heavy atom. The van der Waals surface area contributed by atoms with Crippen LogP contribution in [0.5, 0.6) is 5.88 Å². The van der Waals surface area contributed by atoms with Gasteiger partial charge in [0.1, 0.15) is 0 Å². The van der Waals surface area contributed by atoms with E-state index in [2.05, 4.69) is 24.1 Å². The molecule has 1 unspecified atom stereocenters. The van der Waals surface area contributed by atoms with Crippen molar-refractivity contribution in [2.45, 2.75) is 32.9 Å². The van der Waals surface area contributed by atoms with Gasteiger partial charge in [-0.2, -0.15) is 4.98 Å². The molecule has 19 heavy (non-hydrogen) atoms. The molecule has 0 spiro atoms. The van der Waals surface area contributed by atoms with E-state index in [1.165, 1.54) is 0 Å². The number of thiazole rings is 1. The van der Waals surface area contributed by atoms with Crippen molar-refractivity contribution in [1.29, 1.82) is 0 Å². The minimum absolute atomic E-state index is 0.207. The number of hydrogen-bond donors (Lipinski definition) is 2. The molecular formula is C13H25N3O2S. The summed E-state index contributed by atoms with van der Waals surface area (Å²) in [6, 6.07) is 0.305. The maximum Gasteiger partial charge on any atom is 0.230 e. The first kappa shape index (κ1) is 16.2. The molecule has 110 valence electrons. The van der Waals surface area contributed by atoms with Crippen LogP contribution in [0.15, 0.2) is 0 Å². The molecule has 0 aliphatic carbocycles. The Morgan fingerprint density at radius 2 is 2.11 bits per heavy atom. The smallest absolute Gasteiger partial charge is 0.230 e. The molecule has 2 N–H and O–H groups in total. The molecule has 0 amide bonds. The van der Waals surface area contributed by atoms with Gasteiger partial charge < -0.3 is 20.1 Å². The van der Waals surface area contributed by atoms with Crippen LogP contribution >= 0.6 is 11.3 Å². The van der Waals surface area contributed by atoms with Crippen LogP contribution in [0.25, 0.3) is 0 Å². The van der Waals surface area contributed by atoms with E-state index >= 15 is 0 Å². The second kappa shape index (κ2) is 7.67. The fourth-order valence-corrected chi connectivity index (χ4v) is 2.73. The number of aliphatic hydroxyl groups excluding tert-OH is 1. The van der Waals surface area contributed by atoms with Crippen molar-refractivity contribution in [3.8, 4) is 5.88 Å². The van der Waals surface area contributed by atoms with Gasteiger partial charge in [-0.3, -0.25) is 0 Å². The average molecular weight is 287 g/mol. The third-order valence-electron chi connectivity index (χ3n) is 3.00. The van der Waals surface area contributed by atoms with Crippen molar-refractivity contribution in [2.75, 3.05) is 32.7 Å². The van der Waals surface area contributed by atoms with Crippen molar-refractivity contribution < 1.29 is 9.84 Å². The predicted octanol–water partition coefficient (Wildman–Crippen LogP) is 1.71. The van der Waals surface area contributed by atoms with Gasteiger partial charge in [0.2, 0.25) is 5.88 Å². The van der Waals surface area contributed by atoms with Crippen LogP contribution in [0.2, 0.25) is 0 Å².